The quantitative estimate of drug-likeness (QED) is 0.335. The minimum atomic E-state index is -0.102. The van der Waals surface area contributed by atoms with Crippen molar-refractivity contribution >= 4 is 78.9 Å². The van der Waals surface area contributed by atoms with Gasteiger partial charge >= 0.3 is 0 Å². The van der Waals surface area contributed by atoms with Crippen LogP contribution in [0, 0.1) is 0 Å². The van der Waals surface area contributed by atoms with E-state index in [4.69, 9.17) is 23.2 Å². The molecule has 2 aromatic carbocycles. The van der Waals surface area contributed by atoms with Crippen molar-refractivity contribution in [2.45, 2.75) is 10.8 Å². The Bertz CT molecular complexity index is 1110. The van der Waals surface area contributed by atoms with Gasteiger partial charge in [0.2, 0.25) is 5.91 Å². The standard InChI is InChI=1S/C19H13Cl2N3OS3/c20-12-6-5-11(14(21)8-12)7-13-9-22-18(27-13)24-17(25)10-26-19-23-15-3-1-2-4-16(15)28-19/h1-6,8-9H,7,10H2,(H,22,24,25). The monoisotopic (exact) mass is 465 g/mol. The van der Waals surface area contributed by atoms with Gasteiger partial charge in [0.05, 0.1) is 16.0 Å². The molecule has 1 N–H and O–H groups in total. The van der Waals surface area contributed by atoms with Crippen LogP contribution < -0.4 is 5.32 Å². The third kappa shape index (κ3) is 4.85. The van der Waals surface area contributed by atoms with E-state index >= 15 is 0 Å². The number of aromatic nitrogens is 2. The Morgan fingerprint density at radius 3 is 2.82 bits per heavy atom. The third-order valence-electron chi connectivity index (χ3n) is 3.78. The van der Waals surface area contributed by atoms with Crippen LogP contribution >= 0.6 is 57.6 Å². The molecule has 0 saturated heterocycles. The average molecular weight is 466 g/mol. The Morgan fingerprint density at radius 1 is 1.14 bits per heavy atom. The number of nitrogens with zero attached hydrogens (tertiary/aromatic N) is 2. The highest BCUT2D eigenvalue weighted by molar-refractivity contribution is 8.01. The summed E-state index contributed by atoms with van der Waals surface area (Å²) in [5, 5.41) is 4.66. The molecule has 0 unspecified atom stereocenters. The summed E-state index contributed by atoms with van der Waals surface area (Å²) >= 11 is 16.6. The number of halogens is 2. The van der Waals surface area contributed by atoms with Gasteiger partial charge in [-0.1, -0.05) is 53.2 Å². The lowest BCUT2D eigenvalue weighted by Crippen LogP contribution is -2.13. The minimum absolute atomic E-state index is 0.102. The number of hydrogen-bond donors (Lipinski definition) is 1. The maximum atomic E-state index is 12.2. The number of anilines is 1. The molecule has 0 aliphatic carbocycles. The van der Waals surface area contributed by atoms with E-state index < -0.39 is 0 Å². The van der Waals surface area contributed by atoms with Gasteiger partial charge in [0.15, 0.2) is 9.47 Å². The van der Waals surface area contributed by atoms with E-state index in [1.54, 1.807) is 23.6 Å². The predicted octanol–water partition coefficient (Wildman–Crippen LogP) is 6.38. The molecule has 4 aromatic rings. The van der Waals surface area contributed by atoms with Crippen molar-refractivity contribution in [3.8, 4) is 0 Å². The number of para-hydroxylation sites is 1. The second kappa shape index (κ2) is 8.80. The number of hydrogen-bond acceptors (Lipinski definition) is 6. The first-order chi connectivity index (χ1) is 13.6. The highest BCUT2D eigenvalue weighted by Gasteiger charge is 2.11. The van der Waals surface area contributed by atoms with Gasteiger partial charge in [-0.05, 0) is 29.8 Å². The number of fused-ring (bicyclic) bond motifs is 1. The zero-order valence-corrected chi connectivity index (χ0v) is 18.3. The molecule has 9 heteroatoms. The molecular formula is C19H13Cl2N3OS3. The molecule has 1 amide bonds. The van der Waals surface area contributed by atoms with Gasteiger partial charge in [-0.15, -0.1) is 22.7 Å². The zero-order valence-electron chi connectivity index (χ0n) is 14.3. The summed E-state index contributed by atoms with van der Waals surface area (Å²) < 4.78 is 2.00. The number of amides is 1. The second-order valence-electron chi connectivity index (χ2n) is 5.83. The van der Waals surface area contributed by atoms with Crippen LogP contribution in [0.2, 0.25) is 10.0 Å². The fraction of sp³-hybridized carbons (Fsp3) is 0.105. The first-order valence-electron chi connectivity index (χ1n) is 8.24. The van der Waals surface area contributed by atoms with Crippen LogP contribution in [0.5, 0.6) is 0 Å². The summed E-state index contributed by atoms with van der Waals surface area (Å²) in [6.07, 6.45) is 2.40. The van der Waals surface area contributed by atoms with Crippen LogP contribution in [0.1, 0.15) is 10.4 Å². The molecule has 2 heterocycles. The Kier molecular flexibility index (Phi) is 6.18. The van der Waals surface area contributed by atoms with Gasteiger partial charge in [-0.2, -0.15) is 0 Å². The molecule has 0 radical (unpaired) electrons. The molecule has 4 nitrogen and oxygen atoms in total. The Hall–Kier alpha value is -1.64. The lowest BCUT2D eigenvalue weighted by Gasteiger charge is -2.02. The number of nitrogens with one attached hydrogen (secondary N) is 1. The average Bonchev–Trinajstić information content (AvgIpc) is 3.28. The largest absolute Gasteiger partial charge is 0.301 e. The number of carbonyl (C=O) groups is 1. The van der Waals surface area contributed by atoms with Gasteiger partial charge in [0.25, 0.3) is 0 Å². The maximum Gasteiger partial charge on any atom is 0.236 e. The number of benzene rings is 2. The lowest BCUT2D eigenvalue weighted by atomic mass is 10.1. The SMILES string of the molecule is O=C(CSc1nc2ccccc2s1)Nc1ncc(Cc2ccc(Cl)cc2Cl)s1. The van der Waals surface area contributed by atoms with Crippen molar-refractivity contribution in [2.75, 3.05) is 11.1 Å². The summed E-state index contributed by atoms with van der Waals surface area (Å²) in [5.74, 6) is 0.187. The Balaban J connectivity index is 1.33. The summed E-state index contributed by atoms with van der Waals surface area (Å²) in [6.45, 7) is 0. The summed E-state index contributed by atoms with van der Waals surface area (Å²) in [4.78, 5) is 22.1. The highest BCUT2D eigenvalue weighted by Crippen LogP contribution is 2.30. The van der Waals surface area contributed by atoms with E-state index in [1.807, 2.05) is 36.4 Å². The first-order valence-corrected chi connectivity index (χ1v) is 11.6. The number of rotatable bonds is 6. The topological polar surface area (TPSA) is 54.9 Å². The molecule has 0 fully saturated rings. The molecule has 4 rings (SSSR count). The van der Waals surface area contributed by atoms with Crippen LogP contribution in [0.4, 0.5) is 5.13 Å². The van der Waals surface area contributed by atoms with Crippen molar-refractivity contribution < 1.29 is 4.79 Å². The third-order valence-corrected chi connectivity index (χ3v) is 7.46. The van der Waals surface area contributed by atoms with Gasteiger partial charge in [0.1, 0.15) is 0 Å². The number of carbonyl (C=O) groups excluding carboxylic acids is 1. The molecule has 0 aliphatic rings. The molecule has 0 atom stereocenters. The fourth-order valence-electron chi connectivity index (χ4n) is 2.50. The van der Waals surface area contributed by atoms with E-state index in [-0.39, 0.29) is 11.7 Å². The highest BCUT2D eigenvalue weighted by atomic mass is 35.5. The van der Waals surface area contributed by atoms with Crippen LogP contribution in [0.3, 0.4) is 0 Å². The van der Waals surface area contributed by atoms with Gasteiger partial charge in [0, 0.05) is 27.5 Å². The summed E-state index contributed by atoms with van der Waals surface area (Å²) in [6, 6.07) is 13.4. The van der Waals surface area contributed by atoms with Gasteiger partial charge < -0.3 is 5.32 Å². The fourth-order valence-corrected chi connectivity index (χ4v) is 5.69. The van der Waals surface area contributed by atoms with E-state index in [0.29, 0.717) is 21.6 Å². The van der Waals surface area contributed by atoms with E-state index in [9.17, 15) is 4.79 Å². The Labute approximate surface area is 183 Å². The normalized spacial score (nSPS) is 11.1. The first kappa shape index (κ1) is 19.7. The molecule has 142 valence electrons. The zero-order chi connectivity index (χ0) is 19.5. The molecule has 0 saturated carbocycles. The molecule has 2 aromatic heterocycles. The molecule has 28 heavy (non-hydrogen) atoms. The van der Waals surface area contributed by atoms with E-state index in [2.05, 4.69) is 15.3 Å². The second-order valence-corrected chi connectivity index (χ2v) is 10.0. The minimum Gasteiger partial charge on any atom is -0.301 e. The van der Waals surface area contributed by atoms with E-state index in [0.717, 1.165) is 25.0 Å². The van der Waals surface area contributed by atoms with Crippen LogP contribution in [0.15, 0.2) is 53.0 Å². The van der Waals surface area contributed by atoms with Crippen LogP contribution in [0.25, 0.3) is 10.2 Å². The number of thioether (sulfide) groups is 1. The Morgan fingerprint density at radius 2 is 2.00 bits per heavy atom. The predicted molar refractivity (Wildman–Crippen MR) is 120 cm³/mol. The van der Waals surface area contributed by atoms with Crippen molar-refractivity contribution in [1.82, 2.24) is 9.97 Å². The van der Waals surface area contributed by atoms with Gasteiger partial charge in [-0.3, -0.25) is 4.79 Å². The summed E-state index contributed by atoms with van der Waals surface area (Å²) in [5.41, 5.74) is 1.93. The van der Waals surface area contributed by atoms with Crippen LogP contribution in [-0.2, 0) is 11.2 Å². The maximum absolute atomic E-state index is 12.2. The molecule has 0 spiro atoms. The molecular weight excluding hydrogens is 453 g/mol. The smallest absolute Gasteiger partial charge is 0.236 e. The van der Waals surface area contributed by atoms with Crippen molar-refractivity contribution in [3.05, 3.63) is 69.1 Å². The number of thiazole rings is 2. The lowest BCUT2D eigenvalue weighted by molar-refractivity contribution is -0.113. The van der Waals surface area contributed by atoms with Crippen molar-refractivity contribution in [1.29, 1.82) is 0 Å². The van der Waals surface area contributed by atoms with Crippen molar-refractivity contribution in [2.24, 2.45) is 0 Å². The molecule has 0 bridgehead atoms. The summed E-state index contributed by atoms with van der Waals surface area (Å²) in [7, 11) is 0. The molecule has 0 aliphatic heterocycles. The van der Waals surface area contributed by atoms with Crippen LogP contribution in [-0.4, -0.2) is 21.6 Å². The van der Waals surface area contributed by atoms with Gasteiger partial charge in [-0.25, -0.2) is 9.97 Å². The van der Waals surface area contributed by atoms with E-state index in [1.165, 1.54) is 23.1 Å². The van der Waals surface area contributed by atoms with Crippen molar-refractivity contribution in [3.63, 3.8) is 0 Å².